The number of hydrogen-bond acceptors (Lipinski definition) is 1. The average Bonchev–Trinajstić information content (AvgIpc) is 1.65. The summed E-state index contributed by atoms with van der Waals surface area (Å²) in [6.07, 6.45) is 0.0579. The van der Waals surface area contributed by atoms with Crippen LogP contribution in [0.15, 0.2) is 11.9 Å². The van der Waals surface area contributed by atoms with Crippen molar-refractivity contribution in [2.75, 3.05) is 0 Å². The molecule has 0 spiro atoms. The van der Waals surface area contributed by atoms with E-state index in [-0.39, 0.29) is 13.3 Å². The van der Waals surface area contributed by atoms with Crippen molar-refractivity contribution < 1.29 is 15.7 Å². The Morgan fingerprint density at radius 1 is 2.00 bits per heavy atom. The standard InChI is InChI=1S/C4H5FO2.H/c1-3(2-5)4(6)7;/h2H,1H3,(H,6,7);/i;1+1. The van der Waals surface area contributed by atoms with Gasteiger partial charge in [0.05, 0.1) is 11.9 Å². The van der Waals surface area contributed by atoms with Crippen LogP contribution in [0.25, 0.3) is 0 Å². The Balaban J connectivity index is 0. The molecule has 0 saturated heterocycles. The maximum absolute atomic E-state index is 11.1. The fourth-order valence-electron chi connectivity index (χ4n) is 0.0467. The molecule has 0 aromatic carbocycles. The molecule has 0 atom stereocenters. The molecule has 3 heteroatoms. The van der Waals surface area contributed by atoms with E-state index in [2.05, 4.69) is 0 Å². The van der Waals surface area contributed by atoms with Crippen molar-refractivity contribution in [3.8, 4) is 0 Å². The van der Waals surface area contributed by atoms with Crippen LogP contribution in [0.1, 0.15) is 8.35 Å². The van der Waals surface area contributed by atoms with Crippen LogP contribution < -0.4 is 0 Å². The van der Waals surface area contributed by atoms with Crippen LogP contribution in [0, 0.1) is 0 Å². The summed E-state index contributed by atoms with van der Waals surface area (Å²) >= 11 is 0. The van der Waals surface area contributed by atoms with Gasteiger partial charge in [0.2, 0.25) is 0 Å². The lowest BCUT2D eigenvalue weighted by Gasteiger charge is -1.81. The van der Waals surface area contributed by atoms with E-state index in [9.17, 15) is 9.18 Å². The molecule has 0 amide bonds. The molecule has 0 heterocycles. The third kappa shape index (κ3) is 1.92. The monoisotopic (exact) mass is 106 g/mol. The summed E-state index contributed by atoms with van der Waals surface area (Å²) in [4.78, 5) is 9.62. The molecule has 0 aromatic heterocycles. The van der Waals surface area contributed by atoms with Gasteiger partial charge in [-0.2, -0.15) is 0 Å². The van der Waals surface area contributed by atoms with Gasteiger partial charge in [0.1, 0.15) is 0 Å². The molecular formula is C4H6FO2. The molecule has 0 saturated carbocycles. The Kier molecular flexibility index (Phi) is 2.05. The van der Waals surface area contributed by atoms with Crippen molar-refractivity contribution in [3.05, 3.63) is 11.9 Å². The Morgan fingerprint density at radius 3 is 2.43 bits per heavy atom. The lowest BCUT2D eigenvalue weighted by molar-refractivity contribution is -0.132. The summed E-state index contributed by atoms with van der Waals surface area (Å²) in [6.45, 7) is 1.18. The molecule has 0 aliphatic carbocycles. The first-order chi connectivity index (χ1) is 3.18. The minimum absolute atomic E-state index is 0. The van der Waals surface area contributed by atoms with Gasteiger partial charge in [-0.05, 0) is 6.92 Å². The average molecular weight is 106 g/mol. The molecule has 1 radical (unpaired) electrons. The fraction of sp³-hybridized carbons (Fsp3) is 0.250. The Bertz CT molecular complexity index is 111. The topological polar surface area (TPSA) is 37.3 Å². The van der Waals surface area contributed by atoms with Crippen molar-refractivity contribution in [2.24, 2.45) is 0 Å². The summed E-state index contributed by atoms with van der Waals surface area (Å²) in [5, 5.41) is 7.87. The summed E-state index contributed by atoms with van der Waals surface area (Å²) in [6, 6.07) is 0. The van der Waals surface area contributed by atoms with Gasteiger partial charge >= 0.3 is 5.97 Å². The van der Waals surface area contributed by atoms with Gasteiger partial charge in [0, 0.05) is 1.43 Å². The lowest BCUT2D eigenvalue weighted by Crippen LogP contribution is -1.93. The Labute approximate surface area is 41.8 Å². The van der Waals surface area contributed by atoms with Gasteiger partial charge in [-0.15, -0.1) is 0 Å². The second-order valence-corrected chi connectivity index (χ2v) is 1.10. The van der Waals surface area contributed by atoms with Crippen LogP contribution in [0.2, 0.25) is 0 Å². The zero-order valence-corrected chi connectivity index (χ0v) is 3.81. The number of carboxylic acid groups (broad SMARTS) is 1. The van der Waals surface area contributed by atoms with Crippen molar-refractivity contribution in [1.29, 1.82) is 0 Å². The molecule has 0 aromatic rings. The van der Waals surface area contributed by atoms with E-state index in [0.29, 0.717) is 0 Å². The summed E-state index contributed by atoms with van der Waals surface area (Å²) in [5.41, 5.74) is -0.278. The van der Waals surface area contributed by atoms with Crippen LogP contribution in [0.4, 0.5) is 4.39 Å². The predicted molar refractivity (Wildman–Crippen MR) is 23.6 cm³/mol. The molecular weight excluding hydrogens is 99.0 g/mol. The van der Waals surface area contributed by atoms with E-state index in [0.717, 1.165) is 0 Å². The first-order valence-corrected chi connectivity index (χ1v) is 1.68. The van der Waals surface area contributed by atoms with Gasteiger partial charge in [-0.1, -0.05) is 0 Å². The third-order valence-corrected chi connectivity index (χ3v) is 0.501. The zero-order valence-electron chi connectivity index (χ0n) is 4.81. The highest BCUT2D eigenvalue weighted by atomic mass is 19.1. The SMILES string of the molecule is CC(=CF)C(=O)O.[2H]. The van der Waals surface area contributed by atoms with Gasteiger partial charge in [-0.3, -0.25) is 0 Å². The molecule has 7 heavy (non-hydrogen) atoms. The summed E-state index contributed by atoms with van der Waals surface area (Å²) in [5.74, 6) is -1.22. The van der Waals surface area contributed by atoms with Crippen LogP contribution in [-0.2, 0) is 4.79 Å². The first-order valence-electron chi connectivity index (χ1n) is 1.68. The Hall–Kier alpha value is -0.860. The van der Waals surface area contributed by atoms with Gasteiger partial charge in [0.15, 0.2) is 0 Å². The second-order valence-electron chi connectivity index (χ2n) is 1.10. The van der Waals surface area contributed by atoms with Crippen LogP contribution in [-0.4, -0.2) is 11.1 Å². The number of halogens is 1. The quantitative estimate of drug-likeness (QED) is 0.507. The maximum atomic E-state index is 11.1. The molecule has 0 aliphatic heterocycles. The summed E-state index contributed by atoms with van der Waals surface area (Å²) in [7, 11) is 0. The highest BCUT2D eigenvalue weighted by molar-refractivity contribution is 5.85. The fourth-order valence-corrected chi connectivity index (χ4v) is 0.0467. The molecule has 41 valence electrons. The van der Waals surface area contributed by atoms with Crippen LogP contribution >= 0.6 is 0 Å². The molecule has 2 nitrogen and oxygen atoms in total. The number of hydrogen-bond donors (Lipinski definition) is 1. The molecule has 1 N–H and O–H groups in total. The molecule has 0 unspecified atom stereocenters. The summed E-state index contributed by atoms with van der Waals surface area (Å²) < 4.78 is 11.1. The van der Waals surface area contributed by atoms with Gasteiger partial charge < -0.3 is 5.11 Å². The highest BCUT2D eigenvalue weighted by Gasteiger charge is 1.95. The molecule has 0 aliphatic rings. The smallest absolute Gasteiger partial charge is 0.333 e. The maximum Gasteiger partial charge on any atom is 0.333 e. The van der Waals surface area contributed by atoms with E-state index >= 15 is 0 Å². The molecule has 0 bridgehead atoms. The van der Waals surface area contributed by atoms with E-state index in [1.165, 1.54) is 6.92 Å². The lowest BCUT2D eigenvalue weighted by atomic mass is 10.4. The van der Waals surface area contributed by atoms with E-state index in [4.69, 9.17) is 5.11 Å². The third-order valence-electron chi connectivity index (χ3n) is 0.501. The van der Waals surface area contributed by atoms with Crippen LogP contribution in [0.3, 0.4) is 0 Å². The van der Waals surface area contributed by atoms with Crippen molar-refractivity contribution >= 4 is 5.97 Å². The zero-order chi connectivity index (χ0) is 5.86. The minimum atomic E-state index is -1.22. The minimum Gasteiger partial charge on any atom is -0.478 e. The molecule has 0 rings (SSSR count). The normalized spacial score (nSPS) is 11.4. The number of rotatable bonds is 1. The first kappa shape index (κ1) is 6.14. The van der Waals surface area contributed by atoms with Crippen molar-refractivity contribution in [2.45, 2.75) is 6.92 Å². The van der Waals surface area contributed by atoms with Crippen LogP contribution in [0.5, 0.6) is 0 Å². The van der Waals surface area contributed by atoms with E-state index in [1.54, 1.807) is 0 Å². The van der Waals surface area contributed by atoms with E-state index in [1.807, 2.05) is 0 Å². The molecule has 0 fully saturated rings. The predicted octanol–water partition coefficient (Wildman–Crippen LogP) is 1.06. The number of carbonyl (C=O) groups is 1. The van der Waals surface area contributed by atoms with Crippen molar-refractivity contribution in [3.63, 3.8) is 0 Å². The second kappa shape index (κ2) is 2.34. The number of aliphatic carboxylic acids is 1. The largest absolute Gasteiger partial charge is 0.478 e. The Morgan fingerprint density at radius 2 is 2.43 bits per heavy atom. The van der Waals surface area contributed by atoms with Gasteiger partial charge in [0.25, 0.3) is 0 Å². The highest BCUT2D eigenvalue weighted by Crippen LogP contribution is 1.89. The van der Waals surface area contributed by atoms with E-state index < -0.39 is 5.97 Å². The van der Waals surface area contributed by atoms with Gasteiger partial charge in [-0.25, -0.2) is 9.18 Å². The van der Waals surface area contributed by atoms with Crippen molar-refractivity contribution in [1.82, 2.24) is 0 Å². The number of carboxylic acids is 1.